The van der Waals surface area contributed by atoms with Gasteiger partial charge in [0.05, 0.1) is 28.8 Å². The van der Waals surface area contributed by atoms with Crippen LogP contribution < -0.4 is 10.2 Å². The molecule has 0 bridgehead atoms. The summed E-state index contributed by atoms with van der Waals surface area (Å²) < 4.78 is 0. The van der Waals surface area contributed by atoms with Crippen molar-refractivity contribution in [2.24, 2.45) is 0 Å². The van der Waals surface area contributed by atoms with Gasteiger partial charge in [0.15, 0.2) is 5.78 Å². The molecule has 0 unspecified atom stereocenters. The van der Waals surface area contributed by atoms with Gasteiger partial charge in [-0.2, -0.15) is 0 Å². The molecule has 1 aliphatic carbocycles. The number of carboxylic acids is 1. The first-order chi connectivity index (χ1) is 18.7. The maximum Gasteiger partial charge on any atom is 0.303 e. The molecule has 0 saturated carbocycles. The number of ketones is 1. The summed E-state index contributed by atoms with van der Waals surface area (Å²) in [6.07, 6.45) is -0.0783. The summed E-state index contributed by atoms with van der Waals surface area (Å²) in [5.74, 6) is -1.99. The third-order valence-electron chi connectivity index (χ3n) is 7.05. The number of nitro groups is 1. The molecule has 9 nitrogen and oxygen atoms in total. The monoisotopic (exact) mass is 545 g/mol. The molecule has 39 heavy (non-hydrogen) atoms. The highest BCUT2D eigenvalue weighted by atomic mass is 35.5. The van der Waals surface area contributed by atoms with Crippen molar-refractivity contribution in [2.75, 3.05) is 10.2 Å². The molecule has 198 valence electrons. The molecule has 0 saturated heterocycles. The van der Waals surface area contributed by atoms with E-state index in [0.717, 1.165) is 5.56 Å². The SMILES string of the molecule is O=C(O)CCC(=O)N1c2ccccc2NC2=C(C(=O)C[C@@H](c3ccc(Cl)cc3)C2)[C@@H]1c1cccc([N+](=O)[O-])c1. The van der Waals surface area contributed by atoms with Crippen LogP contribution in [0.1, 0.15) is 48.8 Å². The normalized spacial score (nSPS) is 18.5. The Balaban J connectivity index is 1.70. The summed E-state index contributed by atoms with van der Waals surface area (Å²) in [7, 11) is 0. The molecule has 2 atom stereocenters. The van der Waals surface area contributed by atoms with Crippen LogP contribution in [0, 0.1) is 10.1 Å². The molecule has 2 N–H and O–H groups in total. The fraction of sp³-hybridized carbons (Fsp3) is 0.207. The first-order valence-electron chi connectivity index (χ1n) is 12.4. The summed E-state index contributed by atoms with van der Waals surface area (Å²) in [6, 6.07) is 19.2. The number of carbonyl (C=O) groups is 3. The zero-order chi connectivity index (χ0) is 27.7. The molecule has 0 spiro atoms. The lowest BCUT2D eigenvalue weighted by molar-refractivity contribution is -0.384. The number of nitrogens with one attached hydrogen (secondary N) is 1. The van der Waals surface area contributed by atoms with Crippen LogP contribution >= 0.6 is 11.6 Å². The van der Waals surface area contributed by atoms with Gasteiger partial charge in [0.25, 0.3) is 5.69 Å². The second-order valence-electron chi connectivity index (χ2n) is 9.53. The van der Waals surface area contributed by atoms with Gasteiger partial charge in [-0.25, -0.2) is 0 Å². The summed E-state index contributed by atoms with van der Waals surface area (Å²) in [6.45, 7) is 0. The van der Waals surface area contributed by atoms with Crippen LogP contribution in [-0.2, 0) is 14.4 Å². The number of carboxylic acid groups (broad SMARTS) is 1. The molecule has 2 aliphatic rings. The van der Waals surface area contributed by atoms with Crippen LogP contribution in [0.25, 0.3) is 0 Å². The fourth-order valence-electron chi connectivity index (χ4n) is 5.29. The Morgan fingerprint density at radius 3 is 2.46 bits per heavy atom. The molecule has 5 rings (SSSR count). The van der Waals surface area contributed by atoms with Crippen LogP contribution in [0.5, 0.6) is 0 Å². The van der Waals surface area contributed by atoms with Gasteiger partial charge in [-0.05, 0) is 47.7 Å². The maximum atomic E-state index is 13.9. The molecule has 1 amide bonds. The highest BCUT2D eigenvalue weighted by molar-refractivity contribution is 6.30. The van der Waals surface area contributed by atoms with E-state index in [0.29, 0.717) is 39.7 Å². The molecule has 10 heteroatoms. The second kappa shape index (κ2) is 10.7. The van der Waals surface area contributed by atoms with Gasteiger partial charge < -0.3 is 10.4 Å². The topological polar surface area (TPSA) is 130 Å². The minimum absolute atomic E-state index is 0.145. The number of aliphatic carboxylic acids is 1. The minimum Gasteiger partial charge on any atom is -0.481 e. The van der Waals surface area contributed by atoms with E-state index in [4.69, 9.17) is 11.6 Å². The van der Waals surface area contributed by atoms with Crippen LogP contribution in [-0.4, -0.2) is 27.7 Å². The van der Waals surface area contributed by atoms with Crippen molar-refractivity contribution in [3.63, 3.8) is 0 Å². The summed E-state index contributed by atoms with van der Waals surface area (Å²) in [4.78, 5) is 51.4. The Bertz CT molecular complexity index is 1520. The first-order valence-corrected chi connectivity index (χ1v) is 12.8. The predicted octanol–water partition coefficient (Wildman–Crippen LogP) is 6.01. The van der Waals surface area contributed by atoms with Crippen molar-refractivity contribution >= 4 is 46.3 Å². The predicted molar refractivity (Wildman–Crippen MR) is 146 cm³/mol. The van der Waals surface area contributed by atoms with E-state index in [1.807, 2.05) is 12.1 Å². The van der Waals surface area contributed by atoms with Gasteiger partial charge in [-0.1, -0.05) is 48.0 Å². The second-order valence-corrected chi connectivity index (χ2v) is 9.96. The number of non-ortho nitro benzene ring substituents is 1. The van der Waals surface area contributed by atoms with Gasteiger partial charge in [0, 0.05) is 41.3 Å². The lowest BCUT2D eigenvalue weighted by Gasteiger charge is -2.35. The van der Waals surface area contributed by atoms with Crippen molar-refractivity contribution in [3.8, 4) is 0 Å². The van der Waals surface area contributed by atoms with Crippen molar-refractivity contribution in [2.45, 2.75) is 37.6 Å². The number of benzene rings is 3. The molecule has 0 fully saturated rings. The number of carbonyl (C=O) groups excluding carboxylic acids is 2. The van der Waals surface area contributed by atoms with Crippen molar-refractivity contribution < 1.29 is 24.4 Å². The molecule has 0 radical (unpaired) electrons. The zero-order valence-electron chi connectivity index (χ0n) is 20.7. The van der Waals surface area contributed by atoms with E-state index < -0.39 is 29.3 Å². The van der Waals surface area contributed by atoms with Gasteiger partial charge >= 0.3 is 5.97 Å². The van der Waals surface area contributed by atoms with E-state index >= 15 is 0 Å². The molecule has 0 aromatic heterocycles. The molecule has 3 aromatic rings. The number of amides is 1. The number of nitrogens with zero attached hydrogens (tertiary/aromatic N) is 2. The largest absolute Gasteiger partial charge is 0.481 e. The summed E-state index contributed by atoms with van der Waals surface area (Å²) in [5, 5.41) is 24.8. The summed E-state index contributed by atoms with van der Waals surface area (Å²) >= 11 is 6.07. The number of hydrogen-bond donors (Lipinski definition) is 2. The number of rotatable bonds is 6. The fourth-order valence-corrected chi connectivity index (χ4v) is 5.42. The number of Topliss-reactive ketones (excluding diaryl/α,β-unsaturated/α-hetero) is 1. The van der Waals surface area contributed by atoms with Crippen LogP contribution in [0.15, 0.2) is 84.1 Å². The Kier molecular flexibility index (Phi) is 7.17. The van der Waals surface area contributed by atoms with Gasteiger partial charge in [-0.15, -0.1) is 0 Å². The molecule has 1 heterocycles. The Morgan fingerprint density at radius 1 is 1.00 bits per heavy atom. The van der Waals surface area contributed by atoms with Gasteiger partial charge in [-0.3, -0.25) is 29.4 Å². The Morgan fingerprint density at radius 2 is 1.74 bits per heavy atom. The Labute approximate surface area is 228 Å². The van der Waals surface area contributed by atoms with Crippen molar-refractivity contribution in [1.29, 1.82) is 0 Å². The number of anilines is 2. The molecular formula is C29H24ClN3O6. The lowest BCUT2D eigenvalue weighted by atomic mass is 9.78. The van der Waals surface area contributed by atoms with Crippen molar-refractivity contribution in [1.82, 2.24) is 0 Å². The lowest BCUT2D eigenvalue weighted by Crippen LogP contribution is -2.38. The number of para-hydroxylation sites is 2. The van der Waals surface area contributed by atoms with E-state index in [1.54, 1.807) is 42.5 Å². The quantitative estimate of drug-likeness (QED) is 0.286. The number of hydrogen-bond acceptors (Lipinski definition) is 6. The standard InChI is InChI=1S/C29H24ClN3O6/c30-20-10-8-17(9-11-20)19-15-23-28(25(34)16-19)29(18-4-3-5-21(14-18)33(38)39)32(26(35)12-13-27(36)37)24-7-2-1-6-22(24)31-23/h1-11,14,19,29,31H,12-13,15-16H2,(H,36,37)/t19-,29-/m0/s1. The van der Waals surface area contributed by atoms with Crippen LogP contribution in [0.2, 0.25) is 5.02 Å². The highest BCUT2D eigenvalue weighted by Crippen LogP contribution is 2.48. The number of halogens is 1. The minimum atomic E-state index is -1.13. The van der Waals surface area contributed by atoms with E-state index in [-0.39, 0.29) is 30.2 Å². The van der Waals surface area contributed by atoms with Crippen LogP contribution in [0.3, 0.4) is 0 Å². The van der Waals surface area contributed by atoms with E-state index in [9.17, 15) is 29.6 Å². The number of nitro benzene ring substituents is 1. The zero-order valence-corrected chi connectivity index (χ0v) is 21.4. The van der Waals surface area contributed by atoms with E-state index in [2.05, 4.69) is 5.32 Å². The first kappa shape index (κ1) is 26.1. The third kappa shape index (κ3) is 5.26. The summed E-state index contributed by atoms with van der Waals surface area (Å²) in [5.41, 5.74) is 3.13. The average molecular weight is 546 g/mol. The maximum absolute atomic E-state index is 13.9. The number of allylic oxidation sites excluding steroid dienone is 1. The van der Waals surface area contributed by atoms with Gasteiger partial charge in [0.1, 0.15) is 0 Å². The highest BCUT2D eigenvalue weighted by Gasteiger charge is 2.42. The number of fused-ring (bicyclic) bond motifs is 1. The smallest absolute Gasteiger partial charge is 0.303 e. The third-order valence-corrected chi connectivity index (χ3v) is 7.30. The van der Waals surface area contributed by atoms with Gasteiger partial charge in [0.2, 0.25) is 5.91 Å². The molecule has 1 aliphatic heterocycles. The average Bonchev–Trinajstić information content (AvgIpc) is 3.07. The van der Waals surface area contributed by atoms with Crippen molar-refractivity contribution in [3.05, 3.63) is 110 Å². The van der Waals surface area contributed by atoms with Crippen LogP contribution in [0.4, 0.5) is 17.1 Å². The Hall–Kier alpha value is -4.50. The van der Waals surface area contributed by atoms with E-state index in [1.165, 1.54) is 23.1 Å². The molecular weight excluding hydrogens is 522 g/mol. The molecule has 3 aromatic carbocycles.